The largest absolute Gasteiger partial charge is 0.352 e. The Bertz CT molecular complexity index is 1030. The van der Waals surface area contributed by atoms with Crippen molar-refractivity contribution in [3.63, 3.8) is 0 Å². The summed E-state index contributed by atoms with van der Waals surface area (Å²) in [6, 6.07) is 0.246. The van der Waals surface area contributed by atoms with Gasteiger partial charge in [0.1, 0.15) is 4.83 Å². The number of thiophene rings is 1. The molecule has 5 nitrogen and oxygen atoms in total. The molecule has 1 saturated carbocycles. The lowest BCUT2D eigenvalue weighted by Crippen LogP contribution is -2.44. The number of hydrogen-bond acceptors (Lipinski definition) is 5. The summed E-state index contributed by atoms with van der Waals surface area (Å²) in [7, 11) is 0. The summed E-state index contributed by atoms with van der Waals surface area (Å²) in [5.41, 5.74) is 1.23. The lowest BCUT2D eigenvalue weighted by Gasteiger charge is -2.34. The van der Waals surface area contributed by atoms with Crippen molar-refractivity contribution in [2.45, 2.75) is 83.0 Å². The number of nitrogens with one attached hydrogen (secondary N) is 1. The number of rotatable bonds is 6. The highest BCUT2D eigenvalue weighted by Gasteiger charge is 2.28. The highest BCUT2D eigenvalue weighted by Crippen LogP contribution is 2.34. The van der Waals surface area contributed by atoms with E-state index >= 15 is 0 Å². The average molecular weight is 460 g/mol. The first-order valence-electron chi connectivity index (χ1n) is 11.6. The van der Waals surface area contributed by atoms with Crippen LogP contribution < -0.4 is 10.9 Å². The van der Waals surface area contributed by atoms with E-state index in [-0.39, 0.29) is 23.3 Å². The number of allylic oxidation sites excluding steroid dienone is 1. The van der Waals surface area contributed by atoms with Crippen LogP contribution in [0.15, 0.2) is 22.6 Å². The lowest BCUT2D eigenvalue weighted by molar-refractivity contribution is -0.120. The number of aromatic nitrogens is 2. The normalized spacial score (nSPS) is 23.9. The minimum Gasteiger partial charge on any atom is -0.352 e. The first kappa shape index (κ1) is 22.6. The van der Waals surface area contributed by atoms with Gasteiger partial charge in [-0.1, -0.05) is 50.9 Å². The van der Waals surface area contributed by atoms with Crippen molar-refractivity contribution in [3.8, 4) is 0 Å². The number of thioether (sulfide) groups is 1. The second-order valence-electron chi connectivity index (χ2n) is 9.07. The van der Waals surface area contributed by atoms with E-state index in [9.17, 15) is 9.59 Å². The Morgan fingerprint density at radius 3 is 2.87 bits per heavy atom. The molecule has 1 N–H and O–H groups in total. The van der Waals surface area contributed by atoms with Crippen molar-refractivity contribution in [1.29, 1.82) is 0 Å². The third-order valence-corrected chi connectivity index (χ3v) is 9.15. The molecule has 4 rings (SSSR count). The number of amides is 1. The van der Waals surface area contributed by atoms with Gasteiger partial charge in [0.25, 0.3) is 5.56 Å². The van der Waals surface area contributed by atoms with Crippen LogP contribution in [0.1, 0.15) is 62.8 Å². The van der Waals surface area contributed by atoms with E-state index in [2.05, 4.69) is 25.7 Å². The van der Waals surface area contributed by atoms with Crippen LogP contribution in [-0.2, 0) is 24.2 Å². The highest BCUT2D eigenvalue weighted by molar-refractivity contribution is 7.99. The smallest absolute Gasteiger partial charge is 0.263 e. The third-order valence-electron chi connectivity index (χ3n) is 6.99. The molecule has 1 fully saturated rings. The Hall–Kier alpha value is -1.60. The van der Waals surface area contributed by atoms with Gasteiger partial charge >= 0.3 is 0 Å². The SMILES string of the molecule is C=CCn1c(SCC(=O)NC2CCCC(C)C2C)nc2sc3c(c2c1=O)CCCCC3. The first-order valence-corrected chi connectivity index (χ1v) is 13.4. The summed E-state index contributed by atoms with van der Waals surface area (Å²) in [6.07, 6.45) is 10.7. The lowest BCUT2D eigenvalue weighted by atomic mass is 9.78. The van der Waals surface area contributed by atoms with Crippen LogP contribution in [-0.4, -0.2) is 27.3 Å². The first-order chi connectivity index (χ1) is 15.0. The van der Waals surface area contributed by atoms with E-state index in [4.69, 9.17) is 4.98 Å². The maximum absolute atomic E-state index is 13.4. The second-order valence-corrected chi connectivity index (χ2v) is 11.1. The summed E-state index contributed by atoms with van der Waals surface area (Å²) in [5.74, 6) is 1.44. The molecular weight excluding hydrogens is 426 g/mol. The van der Waals surface area contributed by atoms with E-state index in [1.54, 1.807) is 22.0 Å². The van der Waals surface area contributed by atoms with Gasteiger partial charge in [0.2, 0.25) is 5.91 Å². The van der Waals surface area contributed by atoms with Crippen LogP contribution in [0.5, 0.6) is 0 Å². The quantitative estimate of drug-likeness (QED) is 0.287. The molecule has 31 heavy (non-hydrogen) atoms. The predicted octanol–water partition coefficient (Wildman–Crippen LogP) is 4.95. The van der Waals surface area contributed by atoms with Gasteiger partial charge in [0, 0.05) is 17.5 Å². The topological polar surface area (TPSA) is 64.0 Å². The third kappa shape index (κ3) is 4.77. The molecule has 0 aliphatic heterocycles. The molecule has 2 aromatic rings. The van der Waals surface area contributed by atoms with Gasteiger partial charge in [-0.3, -0.25) is 14.2 Å². The molecule has 7 heteroatoms. The monoisotopic (exact) mass is 459 g/mol. The minimum atomic E-state index is 0.0157. The van der Waals surface area contributed by atoms with E-state index in [1.807, 2.05) is 0 Å². The molecule has 2 heterocycles. The summed E-state index contributed by atoms with van der Waals surface area (Å²) in [6.45, 7) is 8.74. The standard InChI is InChI=1S/C24H33N3O2S2/c1-4-13-27-23(29)21-17-10-6-5-7-12-19(17)31-22(21)26-24(27)30-14-20(28)25-18-11-8-9-15(2)16(18)3/h4,15-16,18H,1,5-14H2,2-3H3,(H,25,28). The summed E-state index contributed by atoms with van der Waals surface area (Å²) >= 11 is 3.03. The molecule has 0 saturated heterocycles. The van der Waals surface area contributed by atoms with Crippen molar-refractivity contribution in [2.75, 3.05) is 5.75 Å². The molecule has 3 unspecified atom stereocenters. The molecule has 0 spiro atoms. The van der Waals surface area contributed by atoms with Crippen molar-refractivity contribution in [1.82, 2.24) is 14.9 Å². The molecule has 168 valence electrons. The molecular formula is C24H33N3O2S2. The Labute approximate surface area is 192 Å². The van der Waals surface area contributed by atoms with Gasteiger partial charge in [-0.2, -0.15) is 0 Å². The van der Waals surface area contributed by atoms with Gasteiger partial charge in [0.15, 0.2) is 5.16 Å². The Morgan fingerprint density at radius 2 is 2.06 bits per heavy atom. The maximum Gasteiger partial charge on any atom is 0.263 e. The van der Waals surface area contributed by atoms with Gasteiger partial charge in [-0.25, -0.2) is 4.98 Å². The molecule has 2 aliphatic carbocycles. The van der Waals surface area contributed by atoms with E-state index in [1.165, 1.54) is 47.9 Å². The Morgan fingerprint density at radius 1 is 1.26 bits per heavy atom. The van der Waals surface area contributed by atoms with Crippen molar-refractivity contribution in [2.24, 2.45) is 11.8 Å². The number of carbonyl (C=O) groups excluding carboxylic acids is 1. The Kier molecular flexibility index (Phi) is 7.22. The van der Waals surface area contributed by atoms with Gasteiger partial charge < -0.3 is 5.32 Å². The van der Waals surface area contributed by atoms with Gasteiger partial charge in [-0.05, 0) is 49.5 Å². The van der Waals surface area contributed by atoms with Gasteiger partial charge in [-0.15, -0.1) is 17.9 Å². The van der Waals surface area contributed by atoms with Crippen molar-refractivity contribution in [3.05, 3.63) is 33.4 Å². The molecule has 3 atom stereocenters. The zero-order valence-electron chi connectivity index (χ0n) is 18.6. The molecule has 2 aromatic heterocycles. The molecule has 2 aliphatic rings. The zero-order chi connectivity index (χ0) is 22.0. The number of carbonyl (C=O) groups is 1. The van der Waals surface area contributed by atoms with Gasteiger partial charge in [0.05, 0.1) is 11.1 Å². The molecule has 0 bridgehead atoms. The summed E-state index contributed by atoms with van der Waals surface area (Å²) in [4.78, 5) is 33.1. The maximum atomic E-state index is 13.4. The van der Waals surface area contributed by atoms with E-state index in [0.29, 0.717) is 23.5 Å². The summed E-state index contributed by atoms with van der Waals surface area (Å²) < 4.78 is 1.69. The zero-order valence-corrected chi connectivity index (χ0v) is 20.2. The van der Waals surface area contributed by atoms with Crippen LogP contribution in [0.25, 0.3) is 10.2 Å². The highest BCUT2D eigenvalue weighted by atomic mass is 32.2. The fourth-order valence-corrected chi connectivity index (χ4v) is 7.08. The van der Waals surface area contributed by atoms with Crippen molar-refractivity contribution >= 4 is 39.2 Å². The van der Waals surface area contributed by atoms with Crippen LogP contribution in [0.3, 0.4) is 0 Å². The van der Waals surface area contributed by atoms with Crippen LogP contribution in [0, 0.1) is 11.8 Å². The average Bonchev–Trinajstić information content (AvgIpc) is 2.93. The fraction of sp³-hybridized carbons (Fsp3) is 0.625. The minimum absolute atomic E-state index is 0.0157. The number of hydrogen-bond donors (Lipinski definition) is 1. The fourth-order valence-electron chi connectivity index (χ4n) is 4.96. The second kappa shape index (κ2) is 9.90. The van der Waals surface area contributed by atoms with Crippen LogP contribution in [0.4, 0.5) is 0 Å². The Balaban J connectivity index is 1.55. The molecule has 1 amide bonds. The number of fused-ring (bicyclic) bond motifs is 3. The predicted molar refractivity (Wildman–Crippen MR) is 130 cm³/mol. The van der Waals surface area contributed by atoms with E-state index in [0.717, 1.165) is 35.9 Å². The molecule has 0 radical (unpaired) electrons. The summed E-state index contributed by atoms with van der Waals surface area (Å²) in [5, 5.41) is 4.64. The molecule has 0 aromatic carbocycles. The number of nitrogens with zero attached hydrogens (tertiary/aromatic N) is 2. The van der Waals surface area contributed by atoms with Crippen LogP contribution >= 0.6 is 23.1 Å². The van der Waals surface area contributed by atoms with Crippen molar-refractivity contribution < 1.29 is 4.79 Å². The van der Waals surface area contributed by atoms with Crippen LogP contribution in [0.2, 0.25) is 0 Å². The number of aryl methyl sites for hydroxylation is 2. The van der Waals surface area contributed by atoms with E-state index < -0.39 is 0 Å².